The van der Waals surface area contributed by atoms with Gasteiger partial charge in [0.2, 0.25) is 10.0 Å². The van der Waals surface area contributed by atoms with Gasteiger partial charge in [0, 0.05) is 24.7 Å². The first-order chi connectivity index (χ1) is 13.8. The fourth-order valence-electron chi connectivity index (χ4n) is 3.24. The van der Waals surface area contributed by atoms with Gasteiger partial charge in [0.05, 0.1) is 42.1 Å². The predicted molar refractivity (Wildman–Crippen MR) is 111 cm³/mol. The van der Waals surface area contributed by atoms with E-state index in [1.807, 2.05) is 26.0 Å². The van der Waals surface area contributed by atoms with Gasteiger partial charge in [-0.25, -0.2) is 13.1 Å². The number of amides is 1. The summed E-state index contributed by atoms with van der Waals surface area (Å²) in [5.74, 6) is -0.480. The zero-order valence-corrected chi connectivity index (χ0v) is 18.0. The maximum absolute atomic E-state index is 12.7. The second kappa shape index (κ2) is 9.25. The Kier molecular flexibility index (Phi) is 6.94. The van der Waals surface area contributed by atoms with Crippen molar-refractivity contribution < 1.29 is 17.9 Å². The number of benzene rings is 1. The van der Waals surface area contributed by atoms with Crippen LogP contribution in [0, 0.1) is 0 Å². The highest BCUT2D eigenvalue weighted by atomic mass is 35.5. The summed E-state index contributed by atoms with van der Waals surface area (Å²) in [7, 11) is -3.43. The van der Waals surface area contributed by atoms with Crippen LogP contribution in [0.3, 0.4) is 0 Å². The SMILES string of the molecule is CC(C)c1c(C(=O)NCCS(=O)(=O)N2CCOCC2)cnn1-c1cccc(Cl)c1. The van der Waals surface area contributed by atoms with Crippen LogP contribution in [0.15, 0.2) is 30.5 Å². The lowest BCUT2D eigenvalue weighted by Crippen LogP contribution is -2.43. The van der Waals surface area contributed by atoms with Crippen LogP contribution in [0.4, 0.5) is 0 Å². The molecule has 2 heterocycles. The molecule has 1 saturated heterocycles. The second-order valence-corrected chi connectivity index (χ2v) is 9.60. The first kappa shape index (κ1) is 21.8. The summed E-state index contributed by atoms with van der Waals surface area (Å²) in [6.45, 7) is 5.45. The molecule has 0 spiro atoms. The molecule has 1 fully saturated rings. The number of ether oxygens (including phenoxy) is 1. The van der Waals surface area contributed by atoms with Gasteiger partial charge < -0.3 is 10.1 Å². The lowest BCUT2D eigenvalue weighted by atomic mass is 10.1. The maximum Gasteiger partial charge on any atom is 0.254 e. The summed E-state index contributed by atoms with van der Waals surface area (Å²) in [5.41, 5.74) is 1.92. The van der Waals surface area contributed by atoms with Gasteiger partial charge in [0.25, 0.3) is 5.91 Å². The van der Waals surface area contributed by atoms with Crippen molar-refractivity contribution >= 4 is 27.5 Å². The van der Waals surface area contributed by atoms with E-state index in [-0.39, 0.29) is 24.1 Å². The Morgan fingerprint density at radius 1 is 1.31 bits per heavy atom. The lowest BCUT2D eigenvalue weighted by molar-refractivity contribution is 0.0730. The Bertz CT molecular complexity index is 968. The molecule has 1 aromatic carbocycles. The van der Waals surface area contributed by atoms with Gasteiger partial charge in [0.15, 0.2) is 0 Å². The largest absolute Gasteiger partial charge is 0.379 e. The molecule has 1 aliphatic rings. The van der Waals surface area contributed by atoms with E-state index < -0.39 is 10.0 Å². The second-order valence-electron chi connectivity index (χ2n) is 7.07. The highest BCUT2D eigenvalue weighted by molar-refractivity contribution is 7.89. The Labute approximate surface area is 175 Å². The number of hydrogen-bond acceptors (Lipinski definition) is 5. The fraction of sp³-hybridized carbons (Fsp3) is 0.474. The molecule has 1 aliphatic heterocycles. The average molecular weight is 441 g/mol. The van der Waals surface area contributed by atoms with Gasteiger partial charge in [-0.2, -0.15) is 9.40 Å². The molecule has 0 saturated carbocycles. The highest BCUT2D eigenvalue weighted by Crippen LogP contribution is 2.24. The summed E-state index contributed by atoms with van der Waals surface area (Å²) in [6.07, 6.45) is 1.50. The zero-order chi connectivity index (χ0) is 21.0. The minimum absolute atomic E-state index is 0.0225. The van der Waals surface area contributed by atoms with Crippen molar-refractivity contribution in [1.29, 1.82) is 0 Å². The van der Waals surface area contributed by atoms with Gasteiger partial charge in [-0.15, -0.1) is 0 Å². The minimum Gasteiger partial charge on any atom is -0.379 e. The van der Waals surface area contributed by atoms with Crippen molar-refractivity contribution in [2.45, 2.75) is 19.8 Å². The number of morpholine rings is 1. The quantitative estimate of drug-likeness (QED) is 0.711. The van der Waals surface area contributed by atoms with E-state index in [1.54, 1.807) is 16.8 Å². The monoisotopic (exact) mass is 440 g/mol. The number of halogens is 1. The Balaban J connectivity index is 1.71. The van der Waals surface area contributed by atoms with E-state index in [4.69, 9.17) is 16.3 Å². The average Bonchev–Trinajstić information content (AvgIpc) is 3.14. The fourth-order valence-corrected chi connectivity index (χ4v) is 4.75. The van der Waals surface area contributed by atoms with Crippen molar-refractivity contribution in [1.82, 2.24) is 19.4 Å². The van der Waals surface area contributed by atoms with Crippen LogP contribution in [-0.4, -0.2) is 67.0 Å². The molecule has 0 unspecified atom stereocenters. The Morgan fingerprint density at radius 3 is 2.69 bits per heavy atom. The normalized spacial score (nSPS) is 15.6. The van der Waals surface area contributed by atoms with Gasteiger partial charge in [-0.3, -0.25) is 4.79 Å². The number of hydrogen-bond donors (Lipinski definition) is 1. The first-order valence-electron chi connectivity index (χ1n) is 9.47. The van der Waals surface area contributed by atoms with E-state index in [2.05, 4.69) is 10.4 Å². The van der Waals surface area contributed by atoms with Crippen molar-refractivity contribution in [3.63, 3.8) is 0 Å². The Hall–Kier alpha value is -1.94. The number of nitrogens with one attached hydrogen (secondary N) is 1. The molecule has 8 nitrogen and oxygen atoms in total. The molecule has 3 rings (SSSR count). The van der Waals surface area contributed by atoms with Crippen LogP contribution in [0.5, 0.6) is 0 Å². The summed E-state index contributed by atoms with van der Waals surface area (Å²) in [6, 6.07) is 7.23. The van der Waals surface area contributed by atoms with Gasteiger partial charge in [-0.1, -0.05) is 31.5 Å². The Morgan fingerprint density at radius 2 is 2.03 bits per heavy atom. The molecule has 1 N–H and O–H groups in total. The number of rotatable bonds is 7. The summed E-state index contributed by atoms with van der Waals surface area (Å²) >= 11 is 6.08. The molecule has 0 radical (unpaired) electrons. The predicted octanol–water partition coefficient (Wildman–Crippen LogP) is 2.04. The molecule has 1 amide bonds. The van der Waals surface area contributed by atoms with Gasteiger partial charge >= 0.3 is 0 Å². The topological polar surface area (TPSA) is 93.5 Å². The number of sulfonamides is 1. The lowest BCUT2D eigenvalue weighted by Gasteiger charge is -2.26. The van der Waals surface area contributed by atoms with Crippen LogP contribution >= 0.6 is 11.6 Å². The third kappa shape index (κ3) is 5.16. The zero-order valence-electron chi connectivity index (χ0n) is 16.5. The summed E-state index contributed by atoms with van der Waals surface area (Å²) in [4.78, 5) is 12.7. The molecule has 0 bridgehead atoms. The van der Waals surface area contributed by atoms with E-state index in [1.165, 1.54) is 10.5 Å². The molecular formula is C19H25ClN4O4S. The molecular weight excluding hydrogens is 416 g/mol. The van der Waals surface area contributed by atoms with E-state index in [0.717, 1.165) is 11.4 Å². The van der Waals surface area contributed by atoms with Crippen molar-refractivity contribution in [2.75, 3.05) is 38.6 Å². The molecule has 2 aromatic rings. The third-order valence-corrected chi connectivity index (χ3v) is 6.77. The van der Waals surface area contributed by atoms with Crippen molar-refractivity contribution in [3.8, 4) is 5.69 Å². The minimum atomic E-state index is -3.43. The molecule has 1 aromatic heterocycles. The first-order valence-corrected chi connectivity index (χ1v) is 11.5. The molecule has 0 aliphatic carbocycles. The van der Waals surface area contributed by atoms with Gasteiger partial charge in [0.1, 0.15) is 0 Å². The van der Waals surface area contributed by atoms with E-state index in [9.17, 15) is 13.2 Å². The standard InChI is InChI=1S/C19H25ClN4O4S/c1-14(2)18-17(13-22-24(18)16-5-3-4-15(20)12-16)19(25)21-6-11-29(26,27)23-7-9-28-10-8-23/h3-5,12-14H,6-11H2,1-2H3,(H,21,25). The molecule has 0 atom stereocenters. The van der Waals surface area contributed by atoms with Crippen LogP contribution in [-0.2, 0) is 14.8 Å². The van der Waals surface area contributed by atoms with Crippen LogP contribution in [0.25, 0.3) is 5.69 Å². The molecule has 29 heavy (non-hydrogen) atoms. The van der Waals surface area contributed by atoms with Crippen LogP contribution in [0.1, 0.15) is 35.8 Å². The third-order valence-electron chi connectivity index (χ3n) is 4.66. The molecule has 158 valence electrons. The molecule has 10 heteroatoms. The van der Waals surface area contributed by atoms with Crippen LogP contribution in [0.2, 0.25) is 5.02 Å². The van der Waals surface area contributed by atoms with E-state index in [0.29, 0.717) is 36.9 Å². The van der Waals surface area contributed by atoms with Crippen LogP contribution < -0.4 is 5.32 Å². The van der Waals surface area contributed by atoms with Gasteiger partial charge in [-0.05, 0) is 24.1 Å². The number of nitrogens with zero attached hydrogens (tertiary/aromatic N) is 3. The number of carbonyl (C=O) groups excluding carboxylic acids is 1. The summed E-state index contributed by atoms with van der Waals surface area (Å²) in [5, 5.41) is 7.64. The maximum atomic E-state index is 12.7. The number of aromatic nitrogens is 2. The smallest absolute Gasteiger partial charge is 0.254 e. The van der Waals surface area contributed by atoms with Crippen molar-refractivity contribution in [3.05, 3.63) is 46.7 Å². The summed E-state index contributed by atoms with van der Waals surface area (Å²) < 4.78 is 33.1. The van der Waals surface area contributed by atoms with Crippen molar-refractivity contribution in [2.24, 2.45) is 0 Å². The highest BCUT2D eigenvalue weighted by Gasteiger charge is 2.25. The number of carbonyl (C=O) groups is 1. The van der Waals surface area contributed by atoms with E-state index >= 15 is 0 Å².